The minimum atomic E-state index is -5.26. The molecule has 0 spiro atoms. The summed E-state index contributed by atoms with van der Waals surface area (Å²) in [5, 5.41) is 50.5. The summed E-state index contributed by atoms with van der Waals surface area (Å²) in [6, 6.07) is -1.69. The van der Waals surface area contributed by atoms with Crippen molar-refractivity contribution in [2.24, 2.45) is 0 Å². The van der Waals surface area contributed by atoms with Crippen molar-refractivity contribution in [2.75, 3.05) is 6.61 Å². The molecule has 0 radical (unpaired) electrons. The first-order chi connectivity index (χ1) is 13.8. The monoisotopic (exact) mass is 459 g/mol. The molecule has 15 nitrogen and oxygen atoms in total. The van der Waals surface area contributed by atoms with Crippen LogP contribution in [0.5, 0.6) is 0 Å². The Kier molecular flexibility index (Phi) is 8.94. The molecule has 0 fully saturated rings. The molecule has 0 aromatic rings. The van der Waals surface area contributed by atoms with Gasteiger partial charge in [-0.05, 0) is 0 Å². The molecule has 0 aromatic heterocycles. The molecule has 1 rings (SSSR count). The zero-order chi connectivity index (χ0) is 23.2. The Morgan fingerprint density at radius 3 is 2.40 bits per heavy atom. The molecule has 0 unspecified atom stereocenters. The maximum absolute atomic E-state index is 11.2. The van der Waals surface area contributed by atoms with Gasteiger partial charge in [0.2, 0.25) is 17.8 Å². The number of rotatable bonds is 11. The Morgan fingerprint density at radius 1 is 1.37 bits per heavy atom. The molecule has 0 bridgehead atoms. The van der Waals surface area contributed by atoms with Crippen molar-refractivity contribution < 1.29 is 66.5 Å². The first-order valence-corrected chi connectivity index (χ1v) is 9.51. The standard InChI is InChI=1S/C14H21NO14S/c1-5(18)15-6(3-16)10(21)11(8(20)4-17)28-14-12(29-30(24,25)26)7(19)2-9(27-14)13(22)23/h3,6-11,17,19-21H,2,4H2,1H3,(H,15,18)(H,22,23)(H,24,25,26)/t6-,7+,8+,9+,10+,11+/m0/s1. The molecule has 1 amide bonds. The fourth-order valence-corrected chi connectivity index (χ4v) is 2.77. The molecular formula is C14H21NO14S. The number of carbonyl (C=O) groups excluding carboxylic acids is 2. The van der Waals surface area contributed by atoms with E-state index in [-0.39, 0.29) is 6.29 Å². The van der Waals surface area contributed by atoms with Gasteiger partial charge < -0.3 is 49.3 Å². The quantitative estimate of drug-likeness (QED) is 0.115. The van der Waals surface area contributed by atoms with Crippen LogP contribution < -0.4 is 5.32 Å². The van der Waals surface area contributed by atoms with Crippen LogP contribution in [0.25, 0.3) is 0 Å². The average Bonchev–Trinajstić information content (AvgIpc) is 2.63. The fourth-order valence-electron chi connectivity index (χ4n) is 2.36. The highest BCUT2D eigenvalue weighted by molar-refractivity contribution is 7.81. The van der Waals surface area contributed by atoms with Gasteiger partial charge in [0.05, 0.1) is 6.61 Å². The molecule has 6 atom stereocenters. The molecule has 0 aromatic carbocycles. The lowest BCUT2D eigenvalue weighted by Crippen LogP contribution is -2.54. The predicted molar refractivity (Wildman–Crippen MR) is 90.4 cm³/mol. The van der Waals surface area contributed by atoms with Gasteiger partial charge in [-0.3, -0.25) is 9.35 Å². The Balaban J connectivity index is 3.37. The van der Waals surface area contributed by atoms with Gasteiger partial charge in [0, 0.05) is 13.3 Å². The Bertz CT molecular complexity index is 780. The first kappa shape index (κ1) is 25.5. The van der Waals surface area contributed by atoms with E-state index in [1.807, 2.05) is 5.32 Å². The number of nitrogens with one attached hydrogen (secondary N) is 1. The zero-order valence-corrected chi connectivity index (χ0v) is 16.1. The topological polar surface area (TPSA) is 246 Å². The summed E-state index contributed by atoms with van der Waals surface area (Å²) in [5.74, 6) is -4.69. The van der Waals surface area contributed by atoms with Crippen molar-refractivity contribution in [3.8, 4) is 0 Å². The van der Waals surface area contributed by atoms with Gasteiger partial charge in [-0.2, -0.15) is 8.42 Å². The van der Waals surface area contributed by atoms with Gasteiger partial charge in [0.1, 0.15) is 30.6 Å². The van der Waals surface area contributed by atoms with E-state index in [2.05, 4.69) is 4.18 Å². The Morgan fingerprint density at radius 2 is 1.97 bits per heavy atom. The molecule has 0 saturated carbocycles. The van der Waals surface area contributed by atoms with Crippen molar-refractivity contribution in [1.82, 2.24) is 5.32 Å². The van der Waals surface area contributed by atoms with Gasteiger partial charge in [0.25, 0.3) is 0 Å². The lowest BCUT2D eigenvalue weighted by molar-refractivity contribution is -0.173. The highest BCUT2D eigenvalue weighted by Gasteiger charge is 2.42. The van der Waals surface area contributed by atoms with E-state index in [1.54, 1.807) is 0 Å². The number of aliphatic hydroxyl groups is 4. The van der Waals surface area contributed by atoms with Crippen molar-refractivity contribution in [3.63, 3.8) is 0 Å². The highest BCUT2D eigenvalue weighted by Crippen LogP contribution is 2.29. The Labute approximate surface area is 169 Å². The summed E-state index contributed by atoms with van der Waals surface area (Å²) in [7, 11) is -5.26. The Hall–Kier alpha value is -2.50. The lowest BCUT2D eigenvalue weighted by atomic mass is 10.0. The minimum Gasteiger partial charge on any atom is -0.479 e. The molecule has 1 heterocycles. The van der Waals surface area contributed by atoms with Crippen LogP contribution in [0.2, 0.25) is 0 Å². The number of hydrogen-bond donors (Lipinski definition) is 7. The second kappa shape index (κ2) is 10.5. The average molecular weight is 459 g/mol. The van der Waals surface area contributed by atoms with Crippen molar-refractivity contribution in [2.45, 2.75) is 49.9 Å². The second-order valence-electron chi connectivity index (χ2n) is 6.04. The number of ether oxygens (including phenoxy) is 2. The lowest BCUT2D eigenvalue weighted by Gasteiger charge is -2.34. The zero-order valence-electron chi connectivity index (χ0n) is 15.3. The van der Waals surface area contributed by atoms with Crippen LogP contribution in [-0.2, 0) is 38.4 Å². The van der Waals surface area contributed by atoms with Crippen LogP contribution in [0, 0.1) is 0 Å². The number of carboxylic acid groups (broad SMARTS) is 1. The number of hydrogen-bond acceptors (Lipinski definition) is 12. The normalized spacial score (nSPS) is 23.4. The SMILES string of the molecule is CC(=O)N[C@@H](C=O)[C@@H](O)[C@H](OC1=C(OS(=O)(=O)O)[C@H](O)C[C@H](C(=O)O)O1)[C@H](O)CO. The molecule has 1 aliphatic rings. The van der Waals surface area contributed by atoms with E-state index >= 15 is 0 Å². The van der Waals surface area contributed by atoms with Gasteiger partial charge in [0.15, 0.2) is 6.10 Å². The van der Waals surface area contributed by atoms with Gasteiger partial charge >= 0.3 is 22.3 Å². The summed E-state index contributed by atoms with van der Waals surface area (Å²) < 4.78 is 44.9. The summed E-state index contributed by atoms with van der Waals surface area (Å²) in [6.07, 6.45) is -10.6. The summed E-state index contributed by atoms with van der Waals surface area (Å²) in [5.41, 5.74) is 0. The van der Waals surface area contributed by atoms with E-state index in [0.29, 0.717) is 0 Å². The summed E-state index contributed by atoms with van der Waals surface area (Å²) >= 11 is 0. The molecule has 1 aliphatic heterocycles. The largest absolute Gasteiger partial charge is 0.479 e. The van der Waals surface area contributed by atoms with Crippen molar-refractivity contribution in [1.29, 1.82) is 0 Å². The molecular weight excluding hydrogens is 438 g/mol. The van der Waals surface area contributed by atoms with E-state index in [0.717, 1.165) is 6.92 Å². The highest BCUT2D eigenvalue weighted by atomic mass is 32.3. The number of carbonyl (C=O) groups is 3. The first-order valence-electron chi connectivity index (χ1n) is 8.15. The van der Waals surface area contributed by atoms with Crippen LogP contribution in [0.4, 0.5) is 0 Å². The number of aliphatic hydroxyl groups excluding tert-OH is 4. The van der Waals surface area contributed by atoms with Gasteiger partial charge in [-0.25, -0.2) is 4.79 Å². The summed E-state index contributed by atoms with van der Waals surface area (Å²) in [4.78, 5) is 33.5. The van der Waals surface area contributed by atoms with Crippen molar-refractivity contribution in [3.05, 3.63) is 11.7 Å². The maximum atomic E-state index is 11.2. The van der Waals surface area contributed by atoms with Crippen LogP contribution in [-0.4, -0.2) is 99.8 Å². The second-order valence-corrected chi connectivity index (χ2v) is 7.07. The van der Waals surface area contributed by atoms with Gasteiger partial charge in [-0.1, -0.05) is 0 Å². The molecule has 7 N–H and O–H groups in total. The minimum absolute atomic E-state index is 0.0626. The van der Waals surface area contributed by atoms with Crippen LogP contribution >= 0.6 is 0 Å². The van der Waals surface area contributed by atoms with E-state index < -0.39 is 83.6 Å². The number of aldehydes is 1. The van der Waals surface area contributed by atoms with Crippen molar-refractivity contribution >= 4 is 28.6 Å². The van der Waals surface area contributed by atoms with E-state index in [4.69, 9.17) is 19.1 Å². The third kappa shape index (κ3) is 7.08. The number of amides is 1. The molecule has 30 heavy (non-hydrogen) atoms. The smallest absolute Gasteiger partial charge is 0.446 e. The molecule has 172 valence electrons. The maximum Gasteiger partial charge on any atom is 0.446 e. The van der Waals surface area contributed by atoms with Crippen LogP contribution in [0.15, 0.2) is 11.7 Å². The molecule has 16 heteroatoms. The fraction of sp³-hybridized carbons (Fsp3) is 0.643. The molecule has 0 aliphatic carbocycles. The number of carboxylic acids is 1. The number of aliphatic carboxylic acids is 1. The van der Waals surface area contributed by atoms with E-state index in [1.165, 1.54) is 0 Å². The third-order valence-corrected chi connectivity index (χ3v) is 4.08. The third-order valence-electron chi connectivity index (χ3n) is 3.69. The van der Waals surface area contributed by atoms with Gasteiger partial charge in [-0.15, -0.1) is 0 Å². The van der Waals surface area contributed by atoms with Crippen LogP contribution in [0.1, 0.15) is 13.3 Å². The predicted octanol–water partition coefficient (Wildman–Crippen LogP) is -3.99. The van der Waals surface area contributed by atoms with Crippen LogP contribution in [0.3, 0.4) is 0 Å². The van der Waals surface area contributed by atoms with E-state index in [9.17, 15) is 43.2 Å². The summed E-state index contributed by atoms with van der Waals surface area (Å²) in [6.45, 7) is -0.0831. The molecule has 0 saturated heterocycles.